The van der Waals surface area contributed by atoms with Crippen molar-refractivity contribution in [3.05, 3.63) is 35.2 Å². The highest BCUT2D eigenvalue weighted by Gasteiger charge is 2.23. The first-order chi connectivity index (χ1) is 12.6. The van der Waals surface area contributed by atoms with Gasteiger partial charge in [0.15, 0.2) is 6.29 Å². The Balaban J connectivity index is 1.97. The fourth-order valence-electron chi connectivity index (χ4n) is 3.40. The molecule has 6 heteroatoms. The fourth-order valence-corrected chi connectivity index (χ4v) is 3.40. The minimum Gasteiger partial charge on any atom is -0.491 e. The van der Waals surface area contributed by atoms with Gasteiger partial charge in [-0.25, -0.2) is 4.68 Å². The van der Waals surface area contributed by atoms with Crippen LogP contribution in [0.4, 0.5) is 0 Å². The van der Waals surface area contributed by atoms with Crippen molar-refractivity contribution in [2.75, 3.05) is 26.9 Å². The predicted octanol–water partition coefficient (Wildman–Crippen LogP) is 3.70. The van der Waals surface area contributed by atoms with E-state index in [1.807, 2.05) is 36.7 Å². The van der Waals surface area contributed by atoms with E-state index in [4.69, 9.17) is 14.2 Å². The van der Waals surface area contributed by atoms with Crippen LogP contribution in [0.3, 0.4) is 0 Å². The molecule has 1 atom stereocenters. The maximum Gasteiger partial charge on any atom is 0.170 e. The normalized spacial score (nSPS) is 17.3. The predicted molar refractivity (Wildman–Crippen MR) is 98.7 cm³/mol. The standard InChI is InChI=1S/C20H26N2O4/c1-14-10-16(12-17(11-14)25-9-8-24-3)20-15(2)22(21-18(20)13-23)19-6-4-5-7-26-19/h10-13,19H,4-9H2,1-3H3. The monoisotopic (exact) mass is 358 g/mol. The third-order valence-electron chi connectivity index (χ3n) is 4.61. The van der Waals surface area contributed by atoms with Crippen LogP contribution in [-0.2, 0) is 9.47 Å². The molecule has 0 radical (unpaired) electrons. The van der Waals surface area contributed by atoms with Crippen LogP contribution < -0.4 is 4.74 Å². The molecule has 1 unspecified atom stereocenters. The number of hydrogen-bond acceptors (Lipinski definition) is 5. The van der Waals surface area contributed by atoms with Gasteiger partial charge in [0.2, 0.25) is 0 Å². The lowest BCUT2D eigenvalue weighted by Crippen LogP contribution is -2.20. The molecular weight excluding hydrogens is 332 g/mol. The van der Waals surface area contributed by atoms with Crippen LogP contribution in [0.2, 0.25) is 0 Å². The third-order valence-corrected chi connectivity index (χ3v) is 4.61. The summed E-state index contributed by atoms with van der Waals surface area (Å²) in [6.45, 7) is 5.74. The first-order valence-corrected chi connectivity index (χ1v) is 9.03. The average molecular weight is 358 g/mol. The van der Waals surface area contributed by atoms with E-state index >= 15 is 0 Å². The molecule has 26 heavy (non-hydrogen) atoms. The number of benzene rings is 1. The van der Waals surface area contributed by atoms with Crippen molar-refractivity contribution in [2.24, 2.45) is 0 Å². The number of methoxy groups -OCH3 is 1. The van der Waals surface area contributed by atoms with Crippen molar-refractivity contribution >= 4 is 6.29 Å². The van der Waals surface area contributed by atoms with Crippen molar-refractivity contribution in [3.8, 4) is 16.9 Å². The van der Waals surface area contributed by atoms with Gasteiger partial charge < -0.3 is 14.2 Å². The zero-order valence-electron chi connectivity index (χ0n) is 15.7. The lowest BCUT2D eigenvalue weighted by Gasteiger charge is -2.24. The number of hydrogen-bond donors (Lipinski definition) is 0. The molecule has 0 saturated carbocycles. The van der Waals surface area contributed by atoms with Gasteiger partial charge in [0.05, 0.1) is 6.61 Å². The van der Waals surface area contributed by atoms with Crippen LogP contribution in [0.25, 0.3) is 11.1 Å². The van der Waals surface area contributed by atoms with E-state index in [1.165, 1.54) is 0 Å². The van der Waals surface area contributed by atoms with Gasteiger partial charge in [0.1, 0.15) is 24.3 Å². The van der Waals surface area contributed by atoms with E-state index in [0.29, 0.717) is 18.9 Å². The second-order valence-corrected chi connectivity index (χ2v) is 6.61. The lowest BCUT2D eigenvalue weighted by molar-refractivity contribution is -0.0406. The molecular formula is C20H26N2O4. The van der Waals surface area contributed by atoms with E-state index < -0.39 is 0 Å². The van der Waals surface area contributed by atoms with Crippen molar-refractivity contribution < 1.29 is 19.0 Å². The Kier molecular flexibility index (Phi) is 6.06. The average Bonchev–Trinajstić information content (AvgIpc) is 2.99. The van der Waals surface area contributed by atoms with E-state index in [0.717, 1.165) is 60.3 Å². The minimum atomic E-state index is -0.0987. The Morgan fingerprint density at radius 3 is 2.81 bits per heavy atom. The van der Waals surface area contributed by atoms with Crippen LogP contribution in [-0.4, -0.2) is 43.0 Å². The summed E-state index contributed by atoms with van der Waals surface area (Å²) in [5, 5.41) is 4.53. The highest BCUT2D eigenvalue weighted by molar-refractivity contribution is 5.87. The Morgan fingerprint density at radius 1 is 1.27 bits per heavy atom. The molecule has 0 amide bonds. The first kappa shape index (κ1) is 18.6. The van der Waals surface area contributed by atoms with Gasteiger partial charge in [-0.2, -0.15) is 5.10 Å². The number of carbonyl (C=O) groups is 1. The molecule has 2 heterocycles. The van der Waals surface area contributed by atoms with Crippen LogP contribution in [0.5, 0.6) is 5.75 Å². The number of aromatic nitrogens is 2. The van der Waals surface area contributed by atoms with Gasteiger partial charge in [-0.3, -0.25) is 4.79 Å². The molecule has 2 aromatic rings. The third kappa shape index (κ3) is 3.97. The van der Waals surface area contributed by atoms with Crippen LogP contribution in [0.15, 0.2) is 18.2 Å². The van der Waals surface area contributed by atoms with E-state index in [2.05, 4.69) is 5.10 Å². The smallest absolute Gasteiger partial charge is 0.170 e. The minimum absolute atomic E-state index is 0.0987. The van der Waals surface area contributed by atoms with Crippen molar-refractivity contribution in [1.29, 1.82) is 0 Å². The summed E-state index contributed by atoms with van der Waals surface area (Å²) < 4.78 is 18.5. The highest BCUT2D eigenvalue weighted by atomic mass is 16.5. The number of carbonyl (C=O) groups excluding carboxylic acids is 1. The van der Waals surface area contributed by atoms with E-state index in [9.17, 15) is 4.79 Å². The largest absolute Gasteiger partial charge is 0.491 e. The summed E-state index contributed by atoms with van der Waals surface area (Å²) in [6, 6.07) is 5.97. The van der Waals surface area contributed by atoms with Crippen LogP contribution in [0, 0.1) is 13.8 Å². The SMILES string of the molecule is COCCOc1cc(C)cc(-c2c(C=O)nn(C3CCCCO3)c2C)c1. The summed E-state index contributed by atoms with van der Waals surface area (Å²) in [4.78, 5) is 11.7. The van der Waals surface area contributed by atoms with E-state index in [1.54, 1.807) is 7.11 Å². The quantitative estimate of drug-likeness (QED) is 0.558. The summed E-state index contributed by atoms with van der Waals surface area (Å²) in [6.07, 6.45) is 3.81. The highest BCUT2D eigenvalue weighted by Crippen LogP contribution is 2.33. The maximum absolute atomic E-state index is 11.7. The second kappa shape index (κ2) is 8.47. The molecule has 0 N–H and O–H groups in total. The summed E-state index contributed by atoms with van der Waals surface area (Å²) in [5.41, 5.74) is 4.21. The number of nitrogens with zero attached hydrogens (tertiary/aromatic N) is 2. The molecule has 1 aliphatic rings. The van der Waals surface area contributed by atoms with Crippen molar-refractivity contribution in [1.82, 2.24) is 9.78 Å². The molecule has 140 valence electrons. The molecule has 6 nitrogen and oxygen atoms in total. The number of ether oxygens (including phenoxy) is 3. The summed E-state index contributed by atoms with van der Waals surface area (Å²) in [5.74, 6) is 0.759. The molecule has 0 spiro atoms. The molecule has 1 aromatic heterocycles. The number of aryl methyl sites for hydroxylation is 1. The molecule has 3 rings (SSSR count). The Bertz CT molecular complexity index is 763. The van der Waals surface area contributed by atoms with Crippen molar-refractivity contribution in [2.45, 2.75) is 39.3 Å². The molecule has 1 aliphatic heterocycles. The number of aldehydes is 1. The zero-order valence-corrected chi connectivity index (χ0v) is 15.7. The summed E-state index contributed by atoms with van der Waals surface area (Å²) >= 11 is 0. The Morgan fingerprint density at radius 2 is 2.12 bits per heavy atom. The Hall–Kier alpha value is -2.18. The molecule has 1 aromatic carbocycles. The molecule has 0 bridgehead atoms. The Labute approximate surface area is 154 Å². The molecule has 1 saturated heterocycles. The van der Waals surface area contributed by atoms with Gasteiger partial charge in [-0.15, -0.1) is 0 Å². The van der Waals surface area contributed by atoms with Gasteiger partial charge in [-0.05, 0) is 56.4 Å². The van der Waals surface area contributed by atoms with Crippen LogP contribution in [0.1, 0.15) is 47.2 Å². The molecule has 0 aliphatic carbocycles. The van der Waals surface area contributed by atoms with E-state index in [-0.39, 0.29) is 6.23 Å². The summed E-state index contributed by atoms with van der Waals surface area (Å²) in [7, 11) is 1.65. The zero-order chi connectivity index (χ0) is 18.5. The fraction of sp³-hybridized carbons (Fsp3) is 0.500. The second-order valence-electron chi connectivity index (χ2n) is 6.61. The van der Waals surface area contributed by atoms with Gasteiger partial charge in [-0.1, -0.05) is 6.07 Å². The lowest BCUT2D eigenvalue weighted by atomic mass is 10.0. The number of rotatable bonds is 7. The topological polar surface area (TPSA) is 62.6 Å². The first-order valence-electron chi connectivity index (χ1n) is 9.03. The van der Waals surface area contributed by atoms with Crippen LogP contribution >= 0.6 is 0 Å². The molecule has 1 fully saturated rings. The van der Waals surface area contributed by atoms with Gasteiger partial charge in [0.25, 0.3) is 0 Å². The van der Waals surface area contributed by atoms with Gasteiger partial charge in [0, 0.05) is 25.0 Å². The maximum atomic E-state index is 11.7. The van der Waals surface area contributed by atoms with Gasteiger partial charge >= 0.3 is 0 Å². The van der Waals surface area contributed by atoms with Crippen molar-refractivity contribution in [3.63, 3.8) is 0 Å².